The standard InChI is InChI=1S/C20H16ClN3O3/c21-18-9-5-4-6-15(18)10-14-11-16(20(25)19(12-14)24(26)27)13-22-23-17-7-2-1-3-8-17/h1-9,11-13,23,25H,10H2/b22-13-. The van der Waals surface area contributed by atoms with Gasteiger partial charge in [-0.2, -0.15) is 5.10 Å². The van der Waals surface area contributed by atoms with Crippen molar-refractivity contribution in [1.82, 2.24) is 0 Å². The summed E-state index contributed by atoms with van der Waals surface area (Å²) in [6.45, 7) is 0. The zero-order chi connectivity index (χ0) is 19.2. The number of hydrogen-bond acceptors (Lipinski definition) is 5. The Hall–Kier alpha value is -3.38. The molecule has 0 heterocycles. The van der Waals surface area contributed by atoms with Gasteiger partial charge in [-0.3, -0.25) is 15.5 Å². The average molecular weight is 382 g/mol. The van der Waals surface area contributed by atoms with Crippen LogP contribution in [0, 0.1) is 10.1 Å². The van der Waals surface area contributed by atoms with E-state index in [1.807, 2.05) is 48.5 Å². The van der Waals surface area contributed by atoms with Crippen LogP contribution in [0.15, 0.2) is 71.8 Å². The van der Waals surface area contributed by atoms with Gasteiger partial charge >= 0.3 is 5.69 Å². The van der Waals surface area contributed by atoms with E-state index in [1.165, 1.54) is 12.3 Å². The highest BCUT2D eigenvalue weighted by molar-refractivity contribution is 6.31. The van der Waals surface area contributed by atoms with Crippen molar-refractivity contribution >= 4 is 29.2 Å². The van der Waals surface area contributed by atoms with Gasteiger partial charge in [0.15, 0.2) is 0 Å². The summed E-state index contributed by atoms with van der Waals surface area (Å²) < 4.78 is 0. The average Bonchev–Trinajstić information content (AvgIpc) is 2.66. The summed E-state index contributed by atoms with van der Waals surface area (Å²) in [5.74, 6) is -0.429. The van der Waals surface area contributed by atoms with Crippen LogP contribution in [-0.4, -0.2) is 16.2 Å². The first-order valence-electron chi connectivity index (χ1n) is 8.12. The molecule has 0 spiro atoms. The fourth-order valence-corrected chi connectivity index (χ4v) is 2.79. The van der Waals surface area contributed by atoms with E-state index in [4.69, 9.17) is 11.6 Å². The lowest BCUT2D eigenvalue weighted by Gasteiger charge is -2.08. The molecule has 136 valence electrons. The highest BCUT2D eigenvalue weighted by Gasteiger charge is 2.18. The van der Waals surface area contributed by atoms with Gasteiger partial charge in [-0.05, 0) is 41.8 Å². The van der Waals surface area contributed by atoms with E-state index >= 15 is 0 Å². The van der Waals surface area contributed by atoms with E-state index in [9.17, 15) is 15.2 Å². The highest BCUT2D eigenvalue weighted by atomic mass is 35.5. The molecule has 6 nitrogen and oxygen atoms in total. The third kappa shape index (κ3) is 4.62. The van der Waals surface area contributed by atoms with Crippen LogP contribution < -0.4 is 5.43 Å². The van der Waals surface area contributed by atoms with E-state index in [2.05, 4.69) is 10.5 Å². The van der Waals surface area contributed by atoms with Crippen LogP contribution >= 0.6 is 11.6 Å². The van der Waals surface area contributed by atoms with Crippen molar-refractivity contribution in [2.75, 3.05) is 5.43 Å². The smallest absolute Gasteiger partial charge is 0.311 e. The molecule has 0 atom stereocenters. The highest BCUT2D eigenvalue weighted by Crippen LogP contribution is 2.32. The monoisotopic (exact) mass is 381 g/mol. The molecule has 0 saturated heterocycles. The topological polar surface area (TPSA) is 87.8 Å². The summed E-state index contributed by atoms with van der Waals surface area (Å²) >= 11 is 6.18. The molecule has 7 heteroatoms. The Morgan fingerprint density at radius 2 is 1.81 bits per heavy atom. The number of halogens is 1. The van der Waals surface area contributed by atoms with Gasteiger partial charge < -0.3 is 5.11 Å². The molecular formula is C20H16ClN3O3. The third-order valence-corrected chi connectivity index (χ3v) is 4.27. The number of hydrogen-bond donors (Lipinski definition) is 2. The Bertz CT molecular complexity index is 991. The van der Waals surface area contributed by atoms with Crippen LogP contribution in [0.25, 0.3) is 0 Å². The third-order valence-electron chi connectivity index (χ3n) is 3.90. The zero-order valence-electron chi connectivity index (χ0n) is 14.2. The number of nitro groups is 1. The first kappa shape index (κ1) is 18.4. The lowest BCUT2D eigenvalue weighted by molar-refractivity contribution is -0.385. The number of hydrazone groups is 1. The zero-order valence-corrected chi connectivity index (χ0v) is 14.9. The van der Waals surface area contributed by atoms with E-state index in [-0.39, 0.29) is 11.3 Å². The Balaban J connectivity index is 1.91. The Kier molecular flexibility index (Phi) is 5.68. The molecule has 0 aliphatic carbocycles. The van der Waals surface area contributed by atoms with Gasteiger partial charge in [0.1, 0.15) is 0 Å². The molecule has 0 bridgehead atoms. The maximum Gasteiger partial charge on any atom is 0.311 e. The van der Waals surface area contributed by atoms with Crippen molar-refractivity contribution in [2.45, 2.75) is 6.42 Å². The number of rotatable bonds is 6. The van der Waals surface area contributed by atoms with Crippen LogP contribution in [0.4, 0.5) is 11.4 Å². The van der Waals surface area contributed by atoms with Crippen LogP contribution in [-0.2, 0) is 6.42 Å². The van der Waals surface area contributed by atoms with Crippen molar-refractivity contribution in [2.24, 2.45) is 5.10 Å². The predicted molar refractivity (Wildman–Crippen MR) is 107 cm³/mol. The Morgan fingerprint density at radius 1 is 1.11 bits per heavy atom. The van der Waals surface area contributed by atoms with E-state index < -0.39 is 10.7 Å². The van der Waals surface area contributed by atoms with Crippen molar-refractivity contribution in [3.05, 3.63) is 98.6 Å². The lowest BCUT2D eigenvalue weighted by Crippen LogP contribution is -1.98. The molecule has 27 heavy (non-hydrogen) atoms. The van der Waals surface area contributed by atoms with Crippen LogP contribution in [0.3, 0.4) is 0 Å². The maximum atomic E-state index is 11.3. The summed E-state index contributed by atoms with van der Waals surface area (Å²) in [5.41, 5.74) is 4.93. The summed E-state index contributed by atoms with van der Waals surface area (Å²) in [7, 11) is 0. The van der Waals surface area contributed by atoms with Gasteiger partial charge in [0, 0.05) is 16.7 Å². The normalized spacial score (nSPS) is 10.9. The van der Waals surface area contributed by atoms with Crippen LogP contribution in [0.1, 0.15) is 16.7 Å². The van der Waals surface area contributed by atoms with Gasteiger partial charge in [0.2, 0.25) is 5.75 Å². The fraction of sp³-hybridized carbons (Fsp3) is 0.0500. The second-order valence-electron chi connectivity index (χ2n) is 5.81. The van der Waals surface area contributed by atoms with Crippen LogP contribution in [0.2, 0.25) is 5.02 Å². The number of nitrogens with zero attached hydrogens (tertiary/aromatic N) is 2. The number of aromatic hydroxyl groups is 1. The molecule has 3 aromatic rings. The second kappa shape index (κ2) is 8.33. The number of phenols is 1. The molecule has 0 aromatic heterocycles. The number of benzene rings is 3. The molecule has 3 aromatic carbocycles. The number of nitro benzene ring substituents is 1. The molecule has 0 aliphatic rings. The number of phenolic OH excluding ortho intramolecular Hbond substituents is 1. The molecule has 0 aliphatic heterocycles. The molecule has 0 amide bonds. The second-order valence-corrected chi connectivity index (χ2v) is 6.22. The number of nitrogens with one attached hydrogen (secondary N) is 1. The minimum Gasteiger partial charge on any atom is -0.502 e. The van der Waals surface area contributed by atoms with Crippen molar-refractivity contribution in [3.63, 3.8) is 0 Å². The van der Waals surface area contributed by atoms with Crippen LogP contribution in [0.5, 0.6) is 5.75 Å². The van der Waals surface area contributed by atoms with Crippen molar-refractivity contribution in [3.8, 4) is 5.75 Å². The van der Waals surface area contributed by atoms with Crippen molar-refractivity contribution < 1.29 is 10.0 Å². The summed E-state index contributed by atoms with van der Waals surface area (Å²) in [4.78, 5) is 10.7. The molecule has 0 saturated carbocycles. The summed E-state index contributed by atoms with van der Waals surface area (Å²) in [6, 6.07) is 19.5. The SMILES string of the molecule is O=[N+]([O-])c1cc(Cc2ccccc2Cl)cc(/C=N\Nc2ccccc2)c1O. The van der Waals surface area contributed by atoms with Gasteiger partial charge in [0.25, 0.3) is 0 Å². The number of para-hydroxylation sites is 1. The predicted octanol–water partition coefficient (Wildman–Crippen LogP) is 4.99. The van der Waals surface area contributed by atoms with Gasteiger partial charge in [-0.1, -0.05) is 48.0 Å². The largest absolute Gasteiger partial charge is 0.502 e. The maximum absolute atomic E-state index is 11.3. The fourth-order valence-electron chi connectivity index (χ4n) is 2.59. The quantitative estimate of drug-likeness (QED) is 0.357. The molecule has 0 fully saturated rings. The Morgan fingerprint density at radius 3 is 2.52 bits per heavy atom. The van der Waals surface area contributed by atoms with Crippen molar-refractivity contribution in [1.29, 1.82) is 0 Å². The first-order chi connectivity index (χ1) is 13.0. The van der Waals surface area contributed by atoms with Gasteiger partial charge in [-0.15, -0.1) is 0 Å². The summed E-state index contributed by atoms with van der Waals surface area (Å²) in [5, 5.41) is 26.1. The van der Waals surface area contributed by atoms with E-state index in [0.29, 0.717) is 17.0 Å². The lowest BCUT2D eigenvalue weighted by atomic mass is 10.0. The van der Waals surface area contributed by atoms with E-state index in [1.54, 1.807) is 12.1 Å². The first-order valence-corrected chi connectivity index (χ1v) is 8.50. The summed E-state index contributed by atoms with van der Waals surface area (Å²) in [6.07, 6.45) is 1.75. The van der Waals surface area contributed by atoms with Gasteiger partial charge in [0.05, 0.1) is 16.8 Å². The van der Waals surface area contributed by atoms with E-state index in [0.717, 1.165) is 11.3 Å². The molecular weight excluding hydrogens is 366 g/mol. The Labute approximate surface area is 160 Å². The minimum atomic E-state index is -0.618. The minimum absolute atomic E-state index is 0.245. The molecule has 2 N–H and O–H groups in total. The number of anilines is 1. The molecule has 0 unspecified atom stereocenters. The molecule has 0 radical (unpaired) electrons. The van der Waals surface area contributed by atoms with Gasteiger partial charge in [-0.25, -0.2) is 0 Å². The molecule has 3 rings (SSSR count).